The first kappa shape index (κ1) is 12.6. The summed E-state index contributed by atoms with van der Waals surface area (Å²) in [5, 5.41) is 3.00. The lowest BCUT2D eigenvalue weighted by molar-refractivity contribution is -0.126. The summed E-state index contributed by atoms with van der Waals surface area (Å²) >= 11 is 3.43. The number of halogens is 1. The predicted octanol–water partition coefficient (Wildman–Crippen LogP) is 1.12. The van der Waals surface area contributed by atoms with E-state index < -0.39 is 6.04 Å². The van der Waals surface area contributed by atoms with Crippen molar-refractivity contribution < 1.29 is 9.59 Å². The lowest BCUT2D eigenvalue weighted by Crippen LogP contribution is -2.64. The molecule has 0 aliphatic carbocycles. The number of rotatable bonds is 1. The van der Waals surface area contributed by atoms with Crippen molar-refractivity contribution in [1.82, 2.24) is 5.32 Å². The Kier molecular flexibility index (Phi) is 3.06. The SMILES string of the molecule is CCN1C(=O)C2CNCC(=O)N2c2cc(Br)ccc21. The average Bonchev–Trinajstić information content (AvgIpc) is 2.40. The number of likely N-dealkylation sites (N-methyl/N-ethyl adjacent to an activating group) is 1. The zero-order valence-electron chi connectivity index (χ0n) is 10.5. The quantitative estimate of drug-likeness (QED) is 0.842. The molecule has 100 valence electrons. The topological polar surface area (TPSA) is 52.7 Å². The van der Waals surface area contributed by atoms with E-state index in [4.69, 9.17) is 0 Å². The normalized spacial score (nSPS) is 22.3. The van der Waals surface area contributed by atoms with Gasteiger partial charge in [-0.05, 0) is 25.1 Å². The van der Waals surface area contributed by atoms with Gasteiger partial charge >= 0.3 is 0 Å². The smallest absolute Gasteiger partial charge is 0.251 e. The Bertz CT molecular complexity index is 561. The molecule has 2 heterocycles. The van der Waals surface area contributed by atoms with Crippen LogP contribution in [0.1, 0.15) is 6.92 Å². The van der Waals surface area contributed by atoms with E-state index in [0.29, 0.717) is 13.1 Å². The van der Waals surface area contributed by atoms with Crippen molar-refractivity contribution in [3.63, 3.8) is 0 Å². The van der Waals surface area contributed by atoms with Gasteiger partial charge in [-0.2, -0.15) is 0 Å². The molecule has 19 heavy (non-hydrogen) atoms. The maximum absolute atomic E-state index is 12.5. The Labute approximate surface area is 119 Å². The molecule has 2 aliphatic heterocycles. The number of fused-ring (bicyclic) bond motifs is 3. The Morgan fingerprint density at radius 1 is 1.37 bits per heavy atom. The third kappa shape index (κ3) is 1.86. The van der Waals surface area contributed by atoms with Crippen molar-refractivity contribution in [3.05, 3.63) is 22.7 Å². The summed E-state index contributed by atoms with van der Waals surface area (Å²) in [7, 11) is 0. The van der Waals surface area contributed by atoms with Crippen LogP contribution in [0.4, 0.5) is 11.4 Å². The number of carbonyl (C=O) groups is 2. The minimum atomic E-state index is -0.428. The molecule has 0 radical (unpaired) electrons. The molecular weight excluding hydrogens is 310 g/mol. The Hall–Kier alpha value is -1.40. The third-order valence-electron chi connectivity index (χ3n) is 3.55. The zero-order valence-corrected chi connectivity index (χ0v) is 12.1. The predicted molar refractivity (Wildman–Crippen MR) is 76.3 cm³/mol. The van der Waals surface area contributed by atoms with Gasteiger partial charge in [0.05, 0.1) is 17.9 Å². The third-order valence-corrected chi connectivity index (χ3v) is 4.04. The molecule has 1 aromatic rings. The van der Waals surface area contributed by atoms with E-state index in [1.54, 1.807) is 9.80 Å². The number of benzene rings is 1. The van der Waals surface area contributed by atoms with Crippen LogP contribution in [0.3, 0.4) is 0 Å². The Morgan fingerprint density at radius 3 is 2.89 bits per heavy atom. The van der Waals surface area contributed by atoms with Crippen LogP contribution in [0, 0.1) is 0 Å². The van der Waals surface area contributed by atoms with Crippen molar-refractivity contribution in [2.45, 2.75) is 13.0 Å². The first-order valence-electron chi connectivity index (χ1n) is 6.27. The molecule has 0 bridgehead atoms. The summed E-state index contributed by atoms with van der Waals surface area (Å²) in [5.41, 5.74) is 1.62. The van der Waals surface area contributed by atoms with Crippen LogP contribution in [-0.2, 0) is 9.59 Å². The minimum Gasteiger partial charge on any atom is -0.309 e. The number of nitrogens with one attached hydrogen (secondary N) is 1. The second-order valence-corrected chi connectivity index (χ2v) is 5.54. The summed E-state index contributed by atoms with van der Waals surface area (Å²) in [4.78, 5) is 28.0. The average molecular weight is 324 g/mol. The molecule has 1 aromatic carbocycles. The molecular formula is C13H14BrN3O2. The lowest BCUT2D eigenvalue weighted by atomic mass is 10.0. The second kappa shape index (κ2) is 4.61. The van der Waals surface area contributed by atoms with Gasteiger partial charge in [0.25, 0.3) is 5.91 Å². The molecule has 1 unspecified atom stereocenters. The molecule has 6 heteroatoms. The highest BCUT2D eigenvalue weighted by Gasteiger charge is 2.42. The molecule has 1 fully saturated rings. The van der Waals surface area contributed by atoms with Crippen molar-refractivity contribution in [2.75, 3.05) is 29.4 Å². The largest absolute Gasteiger partial charge is 0.309 e. The Balaban J connectivity index is 2.18. The molecule has 0 saturated carbocycles. The van der Waals surface area contributed by atoms with Crippen LogP contribution in [0.25, 0.3) is 0 Å². The fraction of sp³-hybridized carbons (Fsp3) is 0.385. The van der Waals surface area contributed by atoms with Gasteiger partial charge in [-0.15, -0.1) is 0 Å². The van der Waals surface area contributed by atoms with Crippen LogP contribution >= 0.6 is 15.9 Å². The van der Waals surface area contributed by atoms with E-state index >= 15 is 0 Å². The number of hydrogen-bond acceptors (Lipinski definition) is 3. The molecule has 0 aromatic heterocycles. The van der Waals surface area contributed by atoms with Gasteiger partial charge in [0, 0.05) is 17.6 Å². The summed E-state index contributed by atoms with van der Waals surface area (Å²) in [6.45, 7) is 3.33. The summed E-state index contributed by atoms with van der Waals surface area (Å²) in [6, 6.07) is 5.25. The molecule has 5 nitrogen and oxygen atoms in total. The highest BCUT2D eigenvalue weighted by Crippen LogP contribution is 2.38. The fourth-order valence-electron chi connectivity index (χ4n) is 2.71. The van der Waals surface area contributed by atoms with Gasteiger partial charge in [-0.1, -0.05) is 15.9 Å². The summed E-state index contributed by atoms with van der Waals surface area (Å²) in [5.74, 6) is -0.0717. The van der Waals surface area contributed by atoms with Gasteiger partial charge in [-0.3, -0.25) is 14.5 Å². The lowest BCUT2D eigenvalue weighted by Gasteiger charge is -2.43. The van der Waals surface area contributed by atoms with E-state index in [1.165, 1.54) is 0 Å². The highest BCUT2D eigenvalue weighted by molar-refractivity contribution is 9.10. The van der Waals surface area contributed by atoms with Gasteiger partial charge < -0.3 is 10.2 Å². The number of nitrogens with zero attached hydrogens (tertiary/aromatic N) is 2. The summed E-state index contributed by atoms with van der Waals surface area (Å²) < 4.78 is 0.904. The molecule has 1 N–H and O–H groups in total. The first-order valence-corrected chi connectivity index (χ1v) is 7.06. The number of amides is 2. The molecule has 1 saturated heterocycles. The molecule has 0 spiro atoms. The van der Waals surface area contributed by atoms with Gasteiger partial charge in [0.1, 0.15) is 6.04 Å². The van der Waals surface area contributed by atoms with E-state index in [-0.39, 0.29) is 18.4 Å². The molecule has 1 atom stereocenters. The van der Waals surface area contributed by atoms with E-state index in [2.05, 4.69) is 21.2 Å². The summed E-state index contributed by atoms with van der Waals surface area (Å²) in [6.07, 6.45) is 0. The second-order valence-electron chi connectivity index (χ2n) is 4.63. The standard InChI is InChI=1S/C13H14BrN3O2/c1-2-16-9-4-3-8(14)5-10(9)17-11(13(16)19)6-15-7-12(17)18/h3-5,11,15H,2,6-7H2,1H3. The van der Waals surface area contributed by atoms with Crippen molar-refractivity contribution >= 4 is 39.1 Å². The minimum absolute atomic E-state index is 0.0159. The number of carbonyl (C=O) groups excluding carboxylic acids is 2. The van der Waals surface area contributed by atoms with E-state index in [0.717, 1.165) is 15.8 Å². The van der Waals surface area contributed by atoms with Crippen LogP contribution in [0.5, 0.6) is 0 Å². The van der Waals surface area contributed by atoms with E-state index in [1.807, 2.05) is 25.1 Å². The molecule has 2 aliphatic rings. The van der Waals surface area contributed by atoms with Crippen molar-refractivity contribution in [1.29, 1.82) is 0 Å². The van der Waals surface area contributed by atoms with Gasteiger partial charge in [0.2, 0.25) is 5.91 Å². The molecule has 2 amide bonds. The van der Waals surface area contributed by atoms with Gasteiger partial charge in [-0.25, -0.2) is 0 Å². The highest BCUT2D eigenvalue weighted by atomic mass is 79.9. The van der Waals surface area contributed by atoms with Gasteiger partial charge in [0.15, 0.2) is 0 Å². The van der Waals surface area contributed by atoms with Crippen LogP contribution in [0.15, 0.2) is 22.7 Å². The van der Waals surface area contributed by atoms with Crippen LogP contribution in [0.2, 0.25) is 0 Å². The Morgan fingerprint density at radius 2 is 2.16 bits per heavy atom. The van der Waals surface area contributed by atoms with Crippen LogP contribution < -0.4 is 15.1 Å². The zero-order chi connectivity index (χ0) is 13.6. The molecule has 3 rings (SSSR count). The van der Waals surface area contributed by atoms with Crippen molar-refractivity contribution in [2.24, 2.45) is 0 Å². The monoisotopic (exact) mass is 323 g/mol. The van der Waals surface area contributed by atoms with Crippen LogP contribution in [-0.4, -0.2) is 37.5 Å². The maximum atomic E-state index is 12.5. The number of piperazine rings is 1. The number of hydrogen-bond donors (Lipinski definition) is 1. The van der Waals surface area contributed by atoms with Crippen molar-refractivity contribution in [3.8, 4) is 0 Å². The maximum Gasteiger partial charge on any atom is 0.251 e. The first-order chi connectivity index (χ1) is 9.13. The van der Waals surface area contributed by atoms with E-state index in [9.17, 15) is 9.59 Å². The fourth-order valence-corrected chi connectivity index (χ4v) is 3.06. The number of anilines is 2.